The second-order valence-electron chi connectivity index (χ2n) is 4.67. The van der Waals surface area contributed by atoms with Gasteiger partial charge in [-0.05, 0) is 22.9 Å². The van der Waals surface area contributed by atoms with Crippen LogP contribution in [-0.4, -0.2) is 29.2 Å². The molecule has 3 aromatic rings. The number of aromatic amines is 1. The molecule has 0 spiro atoms. The van der Waals surface area contributed by atoms with E-state index in [1.165, 1.54) is 13.3 Å². The molecule has 0 unspecified atom stereocenters. The Balaban J connectivity index is 1.87. The Bertz CT molecular complexity index is 854. The number of ether oxygens (including phenoxy) is 1. The third-order valence-corrected chi connectivity index (χ3v) is 3.29. The summed E-state index contributed by atoms with van der Waals surface area (Å²) in [6.45, 7) is 0. The van der Waals surface area contributed by atoms with Crippen molar-refractivity contribution in [3.63, 3.8) is 0 Å². The fourth-order valence-electron chi connectivity index (χ4n) is 2.16. The summed E-state index contributed by atoms with van der Waals surface area (Å²) in [7, 11) is 1.26. The maximum Gasteiger partial charge on any atom is 0.358 e. The smallest absolute Gasteiger partial charge is 0.358 e. The van der Waals surface area contributed by atoms with Gasteiger partial charge in [-0.1, -0.05) is 30.3 Å². The van der Waals surface area contributed by atoms with Crippen molar-refractivity contribution in [3.05, 3.63) is 59.9 Å². The van der Waals surface area contributed by atoms with E-state index in [1.807, 2.05) is 30.3 Å². The molecule has 3 rings (SSSR count). The zero-order valence-electron chi connectivity index (χ0n) is 11.8. The standard InChI is InChI=1S/C16H13N3O3/c1-22-16(21)14-13(9-17-19-14)18-15(20)12-7-6-10-4-2-3-5-11(10)8-12/h2-9H,1H3,(H,17,19)(H,18,20). The maximum absolute atomic E-state index is 12.3. The lowest BCUT2D eigenvalue weighted by atomic mass is 10.1. The summed E-state index contributed by atoms with van der Waals surface area (Å²) >= 11 is 0. The molecule has 0 saturated carbocycles. The van der Waals surface area contributed by atoms with Gasteiger partial charge >= 0.3 is 5.97 Å². The van der Waals surface area contributed by atoms with Crippen LogP contribution in [0.15, 0.2) is 48.7 Å². The number of carbonyl (C=O) groups excluding carboxylic acids is 2. The highest BCUT2D eigenvalue weighted by molar-refractivity contribution is 6.08. The molecule has 22 heavy (non-hydrogen) atoms. The fraction of sp³-hybridized carbons (Fsp3) is 0.0625. The summed E-state index contributed by atoms with van der Waals surface area (Å²) in [6, 6.07) is 13.2. The number of methoxy groups -OCH3 is 1. The molecule has 0 aliphatic heterocycles. The maximum atomic E-state index is 12.3. The first-order valence-corrected chi connectivity index (χ1v) is 6.61. The van der Waals surface area contributed by atoms with Crippen LogP contribution in [0, 0.1) is 0 Å². The van der Waals surface area contributed by atoms with Crippen LogP contribution >= 0.6 is 0 Å². The number of hydrogen-bond acceptors (Lipinski definition) is 4. The van der Waals surface area contributed by atoms with E-state index < -0.39 is 5.97 Å². The minimum Gasteiger partial charge on any atom is -0.464 e. The summed E-state index contributed by atoms with van der Waals surface area (Å²) in [5.41, 5.74) is 0.886. The molecule has 0 aliphatic carbocycles. The lowest BCUT2D eigenvalue weighted by Gasteiger charge is -2.06. The molecule has 0 bridgehead atoms. The van der Waals surface area contributed by atoms with Crippen LogP contribution in [0.5, 0.6) is 0 Å². The molecular formula is C16H13N3O3. The SMILES string of the molecule is COC(=O)c1[nH]ncc1NC(=O)c1ccc2ccccc2c1. The number of carbonyl (C=O) groups is 2. The molecule has 0 radical (unpaired) electrons. The van der Waals surface area contributed by atoms with Crippen molar-refractivity contribution in [2.45, 2.75) is 0 Å². The Morgan fingerprint density at radius 1 is 1.14 bits per heavy atom. The van der Waals surface area contributed by atoms with Gasteiger partial charge in [-0.25, -0.2) is 4.79 Å². The Labute approximate surface area is 126 Å². The topological polar surface area (TPSA) is 84.1 Å². The van der Waals surface area contributed by atoms with Crippen LogP contribution in [-0.2, 0) is 4.74 Å². The molecule has 0 saturated heterocycles. The van der Waals surface area contributed by atoms with Gasteiger partial charge in [0.05, 0.1) is 19.0 Å². The number of H-pyrrole nitrogens is 1. The highest BCUT2D eigenvalue weighted by Gasteiger charge is 2.17. The summed E-state index contributed by atoms with van der Waals surface area (Å²) < 4.78 is 4.62. The van der Waals surface area contributed by atoms with E-state index >= 15 is 0 Å². The fourth-order valence-corrected chi connectivity index (χ4v) is 2.16. The van der Waals surface area contributed by atoms with Gasteiger partial charge in [0.15, 0.2) is 5.69 Å². The number of nitrogens with zero attached hydrogens (tertiary/aromatic N) is 1. The van der Waals surface area contributed by atoms with Crippen molar-refractivity contribution < 1.29 is 14.3 Å². The number of hydrogen-bond donors (Lipinski definition) is 2. The van der Waals surface area contributed by atoms with Gasteiger partial charge in [0.2, 0.25) is 0 Å². The van der Waals surface area contributed by atoms with E-state index in [0.29, 0.717) is 5.56 Å². The number of rotatable bonds is 3. The number of anilines is 1. The molecule has 0 atom stereocenters. The van der Waals surface area contributed by atoms with Crippen LogP contribution < -0.4 is 5.32 Å². The monoisotopic (exact) mass is 295 g/mol. The summed E-state index contributed by atoms with van der Waals surface area (Å²) in [5, 5.41) is 10.9. The molecule has 6 heteroatoms. The molecule has 0 fully saturated rings. The highest BCUT2D eigenvalue weighted by atomic mass is 16.5. The van der Waals surface area contributed by atoms with Gasteiger partial charge in [-0.2, -0.15) is 5.10 Å². The Kier molecular flexibility index (Phi) is 3.57. The molecule has 1 amide bonds. The number of esters is 1. The lowest BCUT2D eigenvalue weighted by molar-refractivity contribution is 0.0595. The predicted octanol–water partition coefficient (Wildman–Crippen LogP) is 2.60. The van der Waals surface area contributed by atoms with Crippen LogP contribution in [0.3, 0.4) is 0 Å². The third-order valence-electron chi connectivity index (χ3n) is 3.29. The zero-order chi connectivity index (χ0) is 15.5. The molecule has 2 N–H and O–H groups in total. The minimum atomic E-state index is -0.591. The van der Waals surface area contributed by atoms with E-state index in [4.69, 9.17) is 0 Å². The lowest BCUT2D eigenvalue weighted by Crippen LogP contribution is -2.14. The quantitative estimate of drug-likeness (QED) is 0.727. The number of nitrogens with one attached hydrogen (secondary N) is 2. The largest absolute Gasteiger partial charge is 0.464 e. The first kappa shape index (κ1) is 13.8. The van der Waals surface area contributed by atoms with Crippen LogP contribution in [0.25, 0.3) is 10.8 Å². The average molecular weight is 295 g/mol. The van der Waals surface area contributed by atoms with Gasteiger partial charge in [-0.15, -0.1) is 0 Å². The van der Waals surface area contributed by atoms with Gasteiger partial charge in [0, 0.05) is 5.56 Å². The highest BCUT2D eigenvalue weighted by Crippen LogP contribution is 2.18. The summed E-state index contributed by atoms with van der Waals surface area (Å²) in [6.07, 6.45) is 1.37. The first-order chi connectivity index (χ1) is 10.7. The summed E-state index contributed by atoms with van der Waals surface area (Å²) in [4.78, 5) is 23.9. The van der Waals surface area contributed by atoms with E-state index in [9.17, 15) is 9.59 Å². The number of fused-ring (bicyclic) bond motifs is 1. The van der Waals surface area contributed by atoms with Gasteiger partial charge in [-0.3, -0.25) is 9.89 Å². The number of benzene rings is 2. The van der Waals surface area contributed by atoms with Crippen LogP contribution in [0.1, 0.15) is 20.8 Å². The van der Waals surface area contributed by atoms with Gasteiger partial charge in [0.25, 0.3) is 5.91 Å². The van der Waals surface area contributed by atoms with Crippen LogP contribution in [0.2, 0.25) is 0 Å². The van der Waals surface area contributed by atoms with Crippen molar-refractivity contribution in [2.75, 3.05) is 12.4 Å². The molecule has 6 nitrogen and oxygen atoms in total. The number of amides is 1. The molecule has 2 aromatic carbocycles. The van der Waals surface area contributed by atoms with Crippen molar-refractivity contribution in [3.8, 4) is 0 Å². The second-order valence-corrected chi connectivity index (χ2v) is 4.67. The second kappa shape index (κ2) is 5.69. The normalized spacial score (nSPS) is 10.4. The van der Waals surface area contributed by atoms with Gasteiger partial charge < -0.3 is 10.1 Å². The van der Waals surface area contributed by atoms with E-state index in [0.717, 1.165) is 10.8 Å². The van der Waals surface area contributed by atoms with Gasteiger partial charge in [0.1, 0.15) is 0 Å². The number of aromatic nitrogens is 2. The molecule has 1 aromatic heterocycles. The van der Waals surface area contributed by atoms with Crippen molar-refractivity contribution in [2.24, 2.45) is 0 Å². The third kappa shape index (κ3) is 2.54. The van der Waals surface area contributed by atoms with E-state index in [-0.39, 0.29) is 17.3 Å². The predicted molar refractivity (Wildman–Crippen MR) is 81.8 cm³/mol. The Morgan fingerprint density at radius 2 is 1.91 bits per heavy atom. The zero-order valence-corrected chi connectivity index (χ0v) is 11.8. The Hall–Kier alpha value is -3.15. The van der Waals surface area contributed by atoms with Crippen molar-refractivity contribution >= 4 is 28.3 Å². The van der Waals surface area contributed by atoms with Crippen molar-refractivity contribution in [1.29, 1.82) is 0 Å². The molecular weight excluding hydrogens is 282 g/mol. The average Bonchev–Trinajstić information content (AvgIpc) is 3.01. The van der Waals surface area contributed by atoms with Crippen molar-refractivity contribution in [1.82, 2.24) is 10.2 Å². The van der Waals surface area contributed by atoms with E-state index in [1.54, 1.807) is 12.1 Å². The van der Waals surface area contributed by atoms with E-state index in [2.05, 4.69) is 20.3 Å². The molecule has 0 aliphatic rings. The first-order valence-electron chi connectivity index (χ1n) is 6.61. The molecule has 110 valence electrons. The Morgan fingerprint density at radius 3 is 2.68 bits per heavy atom. The molecule has 1 heterocycles. The van der Waals surface area contributed by atoms with Crippen LogP contribution in [0.4, 0.5) is 5.69 Å². The minimum absolute atomic E-state index is 0.108. The summed E-state index contributed by atoms with van der Waals surface area (Å²) in [5.74, 6) is -0.913.